The summed E-state index contributed by atoms with van der Waals surface area (Å²) < 4.78 is 12.6. The van der Waals surface area contributed by atoms with Gasteiger partial charge < -0.3 is 30.7 Å². The minimum Gasteiger partial charge on any atom is -0.444 e. The molecule has 2 aliphatic rings. The number of carbonyl (C=O) groups excluding carboxylic acids is 3. The monoisotopic (exact) mass is 672 g/mol. The number of ether oxygens (including phenoxy) is 2. The average molecular weight is 673 g/mol. The van der Waals surface area contributed by atoms with Gasteiger partial charge in [-0.1, -0.05) is 0 Å². The highest BCUT2D eigenvalue weighted by Crippen LogP contribution is 2.29. The van der Waals surface area contributed by atoms with Crippen molar-refractivity contribution in [3.8, 4) is 17.5 Å². The molecule has 0 atom stereocenters. The van der Waals surface area contributed by atoms with Crippen LogP contribution in [-0.2, 0) is 9.47 Å². The first kappa shape index (κ1) is 35.4. The lowest BCUT2D eigenvalue weighted by Gasteiger charge is -2.32. The Morgan fingerprint density at radius 3 is 1.84 bits per heavy atom. The molecule has 0 saturated heterocycles. The lowest BCUT2D eigenvalue weighted by Crippen LogP contribution is -2.45. The molecule has 3 aromatic heterocycles. The van der Waals surface area contributed by atoms with E-state index in [1.165, 1.54) is 6.20 Å². The topological polar surface area (TPSA) is 172 Å². The van der Waals surface area contributed by atoms with Crippen molar-refractivity contribution in [3.63, 3.8) is 0 Å². The van der Waals surface area contributed by atoms with Crippen LogP contribution in [0, 0.1) is 11.3 Å². The van der Waals surface area contributed by atoms with E-state index in [9.17, 15) is 19.6 Å². The molecule has 0 unspecified atom stereocenters. The number of amides is 3. The lowest BCUT2D eigenvalue weighted by molar-refractivity contribution is 0.0479. The number of carbonyl (C=O) groups is 3. The summed E-state index contributed by atoms with van der Waals surface area (Å²) in [7, 11) is 0. The minimum absolute atomic E-state index is 0.00386. The van der Waals surface area contributed by atoms with Gasteiger partial charge in [-0.25, -0.2) is 14.1 Å². The van der Waals surface area contributed by atoms with Crippen molar-refractivity contribution in [2.45, 2.75) is 128 Å². The molecule has 2 saturated carbocycles. The molecule has 3 amide bonds. The van der Waals surface area contributed by atoms with Crippen molar-refractivity contribution >= 4 is 29.3 Å². The van der Waals surface area contributed by atoms with Crippen LogP contribution in [0.2, 0.25) is 0 Å². The predicted molar refractivity (Wildman–Crippen MR) is 185 cm³/mol. The second-order valence-corrected chi connectivity index (χ2v) is 15.0. The van der Waals surface area contributed by atoms with Gasteiger partial charge in [0.2, 0.25) is 0 Å². The smallest absolute Gasteiger partial charge is 0.407 e. The maximum absolute atomic E-state index is 13.8. The molecule has 0 bridgehead atoms. The fraction of sp³-hybridized carbons (Fsp3) is 0.556. The summed E-state index contributed by atoms with van der Waals surface area (Å²) in [4.78, 5) is 43.0. The quantitative estimate of drug-likeness (QED) is 0.232. The predicted octanol–water partition coefficient (Wildman–Crippen LogP) is 6.08. The number of aromatic nitrogens is 3. The van der Waals surface area contributed by atoms with Gasteiger partial charge >= 0.3 is 12.2 Å². The van der Waals surface area contributed by atoms with Gasteiger partial charge in [-0.2, -0.15) is 10.4 Å². The normalized spacial score (nSPS) is 21.2. The minimum atomic E-state index is -0.563. The van der Waals surface area contributed by atoms with Gasteiger partial charge in [-0.15, -0.1) is 0 Å². The Morgan fingerprint density at radius 1 is 0.776 bits per heavy atom. The molecule has 3 heterocycles. The molecule has 0 aliphatic heterocycles. The first-order valence-electron chi connectivity index (χ1n) is 17.1. The molecule has 49 heavy (non-hydrogen) atoms. The van der Waals surface area contributed by atoms with Crippen LogP contribution in [0.3, 0.4) is 0 Å². The maximum atomic E-state index is 13.8. The van der Waals surface area contributed by atoms with E-state index in [-0.39, 0.29) is 30.1 Å². The molecule has 2 fully saturated rings. The van der Waals surface area contributed by atoms with Crippen LogP contribution in [0.15, 0.2) is 36.7 Å². The SMILES string of the molecule is CC(C)(C)OC(=O)NC1CCC(NC(=O)c2cnc(-c3ccc4cc(C#N)cnn34)cc2NC2CCC(NC(=O)OC(C)(C)C)CC2)CC1. The van der Waals surface area contributed by atoms with E-state index in [1.54, 1.807) is 16.8 Å². The van der Waals surface area contributed by atoms with Gasteiger partial charge in [0.1, 0.15) is 17.3 Å². The summed E-state index contributed by atoms with van der Waals surface area (Å²) in [6.45, 7) is 11.0. The van der Waals surface area contributed by atoms with Gasteiger partial charge in [0.05, 0.1) is 39.9 Å². The third kappa shape index (κ3) is 9.84. The number of pyridine rings is 1. The van der Waals surface area contributed by atoms with E-state index in [1.807, 2.05) is 59.7 Å². The molecule has 2 aliphatic carbocycles. The van der Waals surface area contributed by atoms with Crippen molar-refractivity contribution in [1.82, 2.24) is 30.5 Å². The van der Waals surface area contributed by atoms with Gasteiger partial charge in [0, 0.05) is 30.4 Å². The Bertz CT molecular complexity index is 1700. The summed E-state index contributed by atoms with van der Waals surface area (Å²) in [5.41, 5.74) is 2.56. The van der Waals surface area contributed by atoms with Crippen LogP contribution in [0.5, 0.6) is 0 Å². The van der Waals surface area contributed by atoms with Gasteiger partial charge in [-0.3, -0.25) is 9.78 Å². The first-order chi connectivity index (χ1) is 23.2. The van der Waals surface area contributed by atoms with Crippen molar-refractivity contribution in [2.75, 3.05) is 5.32 Å². The molecule has 0 radical (unpaired) electrons. The molecule has 0 aromatic carbocycles. The zero-order chi connectivity index (χ0) is 35.3. The number of nitrogens with one attached hydrogen (secondary N) is 4. The second-order valence-electron chi connectivity index (χ2n) is 15.0. The Hall–Kier alpha value is -4.86. The summed E-state index contributed by atoms with van der Waals surface area (Å²) in [6, 6.07) is 9.58. The van der Waals surface area contributed by atoms with E-state index in [0.717, 1.165) is 62.6 Å². The summed E-state index contributed by atoms with van der Waals surface area (Å²) in [6.07, 6.45) is 8.31. The molecular weight excluding hydrogens is 624 g/mol. The highest BCUT2D eigenvalue weighted by Gasteiger charge is 2.29. The number of alkyl carbamates (subject to hydrolysis) is 2. The fourth-order valence-corrected chi connectivity index (χ4v) is 6.35. The Kier molecular flexibility index (Phi) is 10.6. The number of nitriles is 1. The fourth-order valence-electron chi connectivity index (χ4n) is 6.35. The van der Waals surface area contributed by atoms with Crippen LogP contribution in [-0.4, -0.2) is 68.1 Å². The Labute approximate surface area is 287 Å². The highest BCUT2D eigenvalue weighted by molar-refractivity contribution is 6.00. The van der Waals surface area contributed by atoms with E-state index >= 15 is 0 Å². The zero-order valence-electron chi connectivity index (χ0n) is 29.3. The largest absolute Gasteiger partial charge is 0.444 e. The van der Waals surface area contributed by atoms with Gasteiger partial charge in [-0.05, 0) is 117 Å². The molecule has 4 N–H and O–H groups in total. The molecule has 5 rings (SSSR count). The molecule has 262 valence electrons. The molecular formula is C36H48N8O5. The van der Waals surface area contributed by atoms with Crippen molar-refractivity contribution in [3.05, 3.63) is 47.8 Å². The van der Waals surface area contributed by atoms with Crippen LogP contribution in [0.25, 0.3) is 16.9 Å². The number of anilines is 1. The van der Waals surface area contributed by atoms with Crippen molar-refractivity contribution in [2.24, 2.45) is 0 Å². The number of rotatable bonds is 7. The van der Waals surface area contributed by atoms with Crippen molar-refractivity contribution in [1.29, 1.82) is 5.26 Å². The van der Waals surface area contributed by atoms with Crippen LogP contribution in [0.1, 0.15) is 109 Å². The molecule has 3 aromatic rings. The molecule has 13 heteroatoms. The third-order valence-electron chi connectivity index (χ3n) is 8.63. The zero-order valence-corrected chi connectivity index (χ0v) is 29.3. The molecule has 13 nitrogen and oxygen atoms in total. The Morgan fingerprint density at radius 2 is 1.31 bits per heavy atom. The number of nitrogens with zero attached hydrogens (tertiary/aromatic N) is 4. The summed E-state index contributed by atoms with van der Waals surface area (Å²) in [5.74, 6) is -0.220. The average Bonchev–Trinajstić information content (AvgIpc) is 3.44. The number of hydrogen-bond donors (Lipinski definition) is 4. The van der Waals surface area contributed by atoms with Gasteiger partial charge in [0.15, 0.2) is 0 Å². The highest BCUT2D eigenvalue weighted by atomic mass is 16.6. The number of hydrogen-bond acceptors (Lipinski definition) is 9. The van der Waals surface area contributed by atoms with E-state index in [0.29, 0.717) is 22.5 Å². The third-order valence-corrected chi connectivity index (χ3v) is 8.63. The van der Waals surface area contributed by atoms with Gasteiger partial charge in [0.25, 0.3) is 5.91 Å². The van der Waals surface area contributed by atoms with E-state index in [2.05, 4.69) is 37.4 Å². The van der Waals surface area contributed by atoms with Crippen molar-refractivity contribution < 1.29 is 23.9 Å². The lowest BCUT2D eigenvalue weighted by atomic mass is 9.90. The van der Waals surface area contributed by atoms with Crippen LogP contribution >= 0.6 is 0 Å². The standard InChI is InChI=1S/C36H48N8O5/c1-35(2,3)48-33(46)42-25-11-7-23(8-12-25)40-29-18-30(31-16-15-27-17-22(19-37)20-39-44(27)31)38-21-28(29)32(45)41-24-9-13-26(14-10-24)43-34(47)49-36(4,5)6/h15-18,20-21,23-26H,7-14H2,1-6H3,(H,38,40)(H,41,45)(H,42,46)(H,43,47). The van der Waals surface area contributed by atoms with E-state index in [4.69, 9.17) is 9.47 Å². The van der Waals surface area contributed by atoms with E-state index < -0.39 is 23.4 Å². The number of fused-ring (bicyclic) bond motifs is 1. The Balaban J connectivity index is 1.28. The maximum Gasteiger partial charge on any atom is 0.407 e. The van der Waals surface area contributed by atoms with Crippen LogP contribution < -0.4 is 21.3 Å². The molecule has 0 spiro atoms. The first-order valence-corrected chi connectivity index (χ1v) is 17.1. The van der Waals surface area contributed by atoms with Crippen LogP contribution in [0.4, 0.5) is 15.3 Å². The second kappa shape index (κ2) is 14.7. The summed E-state index contributed by atoms with van der Waals surface area (Å²) >= 11 is 0. The summed E-state index contributed by atoms with van der Waals surface area (Å²) in [5, 5.41) is 26.5.